The number of carbonyl (C=O) groups excluding carboxylic acids is 1. The molecule has 2 atom stereocenters. The maximum Gasteiger partial charge on any atom is 0.390 e. The van der Waals surface area contributed by atoms with E-state index in [1.807, 2.05) is 7.05 Å². The quantitative estimate of drug-likeness (QED) is 0.847. The summed E-state index contributed by atoms with van der Waals surface area (Å²) in [7, 11) is 1.99. The number of aliphatic hydroxyl groups is 1. The predicted molar refractivity (Wildman–Crippen MR) is 70.9 cm³/mol. The highest BCUT2D eigenvalue weighted by atomic mass is 19.4. The van der Waals surface area contributed by atoms with Gasteiger partial charge in [-0.15, -0.1) is 0 Å². The minimum atomic E-state index is -4.30. The standard InChI is InChI=1S/C13H22F3N3O2/c1-17-8-10-2-3-11(9-17)19(10)12(21)18(6-7-20)5-4-13(14,15)16/h10-11,20H,2-9H2,1H3. The molecule has 0 saturated carbocycles. The Morgan fingerprint density at radius 1 is 1.24 bits per heavy atom. The van der Waals surface area contributed by atoms with Crippen LogP contribution in [0, 0.1) is 0 Å². The van der Waals surface area contributed by atoms with E-state index >= 15 is 0 Å². The Hall–Kier alpha value is -1.02. The van der Waals surface area contributed by atoms with Crippen molar-refractivity contribution < 1.29 is 23.1 Å². The van der Waals surface area contributed by atoms with Gasteiger partial charge in [0.1, 0.15) is 0 Å². The van der Waals surface area contributed by atoms with Crippen LogP contribution in [0.15, 0.2) is 0 Å². The molecule has 0 radical (unpaired) electrons. The van der Waals surface area contributed by atoms with E-state index in [0.29, 0.717) is 0 Å². The molecule has 0 aromatic heterocycles. The lowest BCUT2D eigenvalue weighted by atomic mass is 10.2. The Labute approximate surface area is 122 Å². The molecule has 0 aromatic rings. The summed E-state index contributed by atoms with van der Waals surface area (Å²) in [6.45, 7) is 0.741. The van der Waals surface area contributed by atoms with Gasteiger partial charge in [0.15, 0.2) is 0 Å². The Kier molecular flexibility index (Phi) is 4.98. The highest BCUT2D eigenvalue weighted by molar-refractivity contribution is 5.75. The average molecular weight is 309 g/mol. The van der Waals surface area contributed by atoms with Crippen LogP contribution in [0.1, 0.15) is 19.3 Å². The van der Waals surface area contributed by atoms with E-state index in [9.17, 15) is 18.0 Å². The number of fused-ring (bicyclic) bond motifs is 2. The molecule has 2 fully saturated rings. The zero-order valence-electron chi connectivity index (χ0n) is 12.1. The van der Waals surface area contributed by atoms with E-state index in [1.165, 1.54) is 0 Å². The van der Waals surface area contributed by atoms with Gasteiger partial charge >= 0.3 is 12.2 Å². The summed E-state index contributed by atoms with van der Waals surface area (Å²) in [5, 5.41) is 9.00. The second-order valence-corrected chi connectivity index (χ2v) is 5.87. The van der Waals surface area contributed by atoms with Crippen molar-refractivity contribution in [1.82, 2.24) is 14.7 Å². The number of hydrogen-bond donors (Lipinski definition) is 1. The molecule has 2 aliphatic heterocycles. The minimum Gasteiger partial charge on any atom is -0.395 e. The second-order valence-electron chi connectivity index (χ2n) is 5.87. The number of hydrogen-bond acceptors (Lipinski definition) is 3. The van der Waals surface area contributed by atoms with Crippen LogP contribution in [0.25, 0.3) is 0 Å². The molecule has 21 heavy (non-hydrogen) atoms. The zero-order chi connectivity index (χ0) is 15.6. The van der Waals surface area contributed by atoms with Crippen molar-refractivity contribution in [3.05, 3.63) is 0 Å². The minimum absolute atomic E-state index is 0.0549. The maximum atomic E-state index is 12.5. The topological polar surface area (TPSA) is 47.0 Å². The van der Waals surface area contributed by atoms with Crippen LogP contribution in [0.5, 0.6) is 0 Å². The van der Waals surface area contributed by atoms with Crippen molar-refractivity contribution in [3.8, 4) is 0 Å². The van der Waals surface area contributed by atoms with Crippen LogP contribution >= 0.6 is 0 Å². The SMILES string of the molecule is CN1CC2CCC(C1)N2C(=O)N(CCO)CCC(F)(F)F. The van der Waals surface area contributed by atoms with Crippen molar-refractivity contribution in [3.63, 3.8) is 0 Å². The molecule has 0 aromatic carbocycles. The summed E-state index contributed by atoms with van der Waals surface area (Å²) >= 11 is 0. The molecular weight excluding hydrogens is 287 g/mol. The smallest absolute Gasteiger partial charge is 0.390 e. The van der Waals surface area contributed by atoms with Gasteiger partial charge in [0, 0.05) is 38.3 Å². The largest absolute Gasteiger partial charge is 0.395 e. The normalized spacial score (nSPS) is 26.2. The summed E-state index contributed by atoms with van der Waals surface area (Å²) in [5.74, 6) is 0. The molecule has 122 valence electrons. The van der Waals surface area contributed by atoms with E-state index in [-0.39, 0.29) is 31.3 Å². The number of nitrogens with zero attached hydrogens (tertiary/aromatic N) is 3. The molecule has 2 aliphatic rings. The number of likely N-dealkylation sites (N-methyl/N-ethyl adjacent to an activating group) is 1. The summed E-state index contributed by atoms with van der Waals surface area (Å²) in [6, 6.07) is -0.212. The lowest BCUT2D eigenvalue weighted by Gasteiger charge is -2.41. The fourth-order valence-electron chi connectivity index (χ4n) is 3.27. The number of urea groups is 1. The molecular formula is C13H22F3N3O2. The number of carbonyl (C=O) groups is 1. The Morgan fingerprint density at radius 3 is 2.29 bits per heavy atom. The molecule has 1 N–H and O–H groups in total. The third kappa shape index (κ3) is 4.00. The number of rotatable bonds is 4. The van der Waals surface area contributed by atoms with E-state index < -0.39 is 19.1 Å². The Bertz CT molecular complexity index is 364. The first kappa shape index (κ1) is 16.4. The van der Waals surface area contributed by atoms with Gasteiger partial charge in [-0.3, -0.25) is 0 Å². The third-order valence-electron chi connectivity index (χ3n) is 4.19. The van der Waals surface area contributed by atoms with Gasteiger partial charge in [-0.05, 0) is 19.9 Å². The number of aliphatic hydroxyl groups excluding tert-OH is 1. The maximum absolute atomic E-state index is 12.5. The first-order chi connectivity index (χ1) is 9.81. The number of halogens is 3. The van der Waals surface area contributed by atoms with E-state index in [0.717, 1.165) is 30.8 Å². The van der Waals surface area contributed by atoms with Crippen LogP contribution in [-0.4, -0.2) is 83.9 Å². The van der Waals surface area contributed by atoms with Crippen LogP contribution < -0.4 is 0 Å². The molecule has 2 heterocycles. The molecule has 8 heteroatoms. The van der Waals surface area contributed by atoms with Gasteiger partial charge in [0.25, 0.3) is 0 Å². The number of piperazine rings is 1. The third-order valence-corrected chi connectivity index (χ3v) is 4.19. The summed E-state index contributed by atoms with van der Waals surface area (Å²) < 4.78 is 37.1. The number of likely N-dealkylation sites (tertiary alicyclic amines) is 1. The van der Waals surface area contributed by atoms with Crippen LogP contribution in [-0.2, 0) is 0 Å². The van der Waals surface area contributed by atoms with E-state index in [1.54, 1.807) is 4.90 Å². The Balaban J connectivity index is 2.01. The van der Waals surface area contributed by atoms with Crippen molar-refractivity contribution in [2.45, 2.75) is 37.5 Å². The molecule has 2 rings (SSSR count). The monoisotopic (exact) mass is 309 g/mol. The van der Waals surface area contributed by atoms with Crippen molar-refractivity contribution >= 4 is 6.03 Å². The predicted octanol–water partition coefficient (Wildman–Crippen LogP) is 1.13. The van der Waals surface area contributed by atoms with Gasteiger partial charge < -0.3 is 19.8 Å². The summed E-state index contributed by atoms with van der Waals surface area (Å²) in [5.41, 5.74) is 0. The van der Waals surface area contributed by atoms with E-state index in [4.69, 9.17) is 5.11 Å². The fraction of sp³-hybridized carbons (Fsp3) is 0.923. The lowest BCUT2D eigenvalue weighted by Crippen LogP contribution is -2.58. The van der Waals surface area contributed by atoms with Crippen LogP contribution in [0.2, 0.25) is 0 Å². The fourth-order valence-corrected chi connectivity index (χ4v) is 3.27. The van der Waals surface area contributed by atoms with Gasteiger partial charge in [-0.1, -0.05) is 0 Å². The molecule has 0 spiro atoms. The second kappa shape index (κ2) is 6.39. The highest BCUT2D eigenvalue weighted by Crippen LogP contribution is 2.31. The number of alkyl halides is 3. The Morgan fingerprint density at radius 2 is 1.81 bits per heavy atom. The van der Waals surface area contributed by atoms with Crippen LogP contribution in [0.4, 0.5) is 18.0 Å². The first-order valence-corrected chi connectivity index (χ1v) is 7.25. The molecule has 2 unspecified atom stereocenters. The molecule has 2 bridgehead atoms. The lowest BCUT2D eigenvalue weighted by molar-refractivity contribution is -0.137. The molecule has 2 saturated heterocycles. The van der Waals surface area contributed by atoms with Crippen molar-refractivity contribution in [2.24, 2.45) is 0 Å². The van der Waals surface area contributed by atoms with Crippen LogP contribution in [0.3, 0.4) is 0 Å². The van der Waals surface area contributed by atoms with Gasteiger partial charge in [0.05, 0.1) is 13.0 Å². The van der Waals surface area contributed by atoms with Gasteiger partial charge in [-0.25, -0.2) is 4.79 Å². The first-order valence-electron chi connectivity index (χ1n) is 7.25. The average Bonchev–Trinajstić information content (AvgIpc) is 2.65. The van der Waals surface area contributed by atoms with Crippen molar-refractivity contribution in [2.75, 3.05) is 39.8 Å². The van der Waals surface area contributed by atoms with E-state index in [2.05, 4.69) is 4.90 Å². The molecule has 0 aliphatic carbocycles. The summed E-state index contributed by atoms with van der Waals surface area (Å²) in [4.78, 5) is 17.5. The van der Waals surface area contributed by atoms with Gasteiger partial charge in [0.2, 0.25) is 0 Å². The highest BCUT2D eigenvalue weighted by Gasteiger charge is 2.43. The molecule has 2 amide bonds. The zero-order valence-corrected chi connectivity index (χ0v) is 12.1. The van der Waals surface area contributed by atoms with Crippen molar-refractivity contribution in [1.29, 1.82) is 0 Å². The summed E-state index contributed by atoms with van der Waals surface area (Å²) in [6.07, 6.45) is -3.54. The number of amides is 2. The molecule has 5 nitrogen and oxygen atoms in total. The van der Waals surface area contributed by atoms with Gasteiger partial charge in [-0.2, -0.15) is 13.2 Å².